The topological polar surface area (TPSA) is 83.9 Å². The maximum absolute atomic E-state index is 11.6. The lowest BCUT2D eigenvalue weighted by molar-refractivity contribution is -0.138. The number of ether oxygens (including phenoxy) is 1. The number of nitrogens with zero attached hydrogens (tertiary/aromatic N) is 1. The second-order valence-electron chi connectivity index (χ2n) is 5.51. The Morgan fingerprint density at radius 1 is 1.42 bits per heavy atom. The molecule has 2 saturated heterocycles. The van der Waals surface area contributed by atoms with Gasteiger partial charge in [0.1, 0.15) is 0 Å². The smallest absolute Gasteiger partial charge is 0.304 e. The fourth-order valence-corrected chi connectivity index (χ4v) is 4.43. The number of sulfone groups is 1. The monoisotopic (exact) mass is 291 g/mol. The van der Waals surface area contributed by atoms with E-state index in [1.54, 1.807) is 0 Å². The largest absolute Gasteiger partial charge is 0.481 e. The molecule has 2 aliphatic rings. The zero-order valence-corrected chi connectivity index (χ0v) is 11.9. The number of hydrogen-bond donors (Lipinski definition) is 1. The van der Waals surface area contributed by atoms with E-state index in [9.17, 15) is 13.2 Å². The van der Waals surface area contributed by atoms with E-state index in [0.717, 1.165) is 12.8 Å². The molecule has 2 rings (SSSR count). The van der Waals surface area contributed by atoms with Crippen molar-refractivity contribution in [2.24, 2.45) is 0 Å². The Hall–Kier alpha value is -0.660. The van der Waals surface area contributed by atoms with Crippen molar-refractivity contribution in [2.75, 3.05) is 24.6 Å². The first kappa shape index (κ1) is 14.7. The van der Waals surface area contributed by atoms with Gasteiger partial charge in [0, 0.05) is 19.1 Å². The van der Waals surface area contributed by atoms with Crippen LogP contribution >= 0.6 is 0 Å². The van der Waals surface area contributed by atoms with E-state index < -0.39 is 21.8 Å². The van der Waals surface area contributed by atoms with E-state index in [1.165, 1.54) is 0 Å². The van der Waals surface area contributed by atoms with Crippen LogP contribution in [-0.2, 0) is 19.4 Å². The minimum absolute atomic E-state index is 0.0540. The number of carboxylic acid groups (broad SMARTS) is 1. The summed E-state index contributed by atoms with van der Waals surface area (Å²) in [6.07, 6.45) is 2.20. The molecular weight excluding hydrogens is 270 g/mol. The zero-order chi connectivity index (χ0) is 14.0. The summed E-state index contributed by atoms with van der Waals surface area (Å²) in [7, 11) is -3.10. The summed E-state index contributed by atoms with van der Waals surface area (Å²) in [5, 5.41) is 8.90. The highest BCUT2D eigenvalue weighted by molar-refractivity contribution is 7.91. The van der Waals surface area contributed by atoms with Crippen LogP contribution in [0.2, 0.25) is 0 Å². The highest BCUT2D eigenvalue weighted by atomic mass is 32.2. The molecule has 0 aromatic carbocycles. The van der Waals surface area contributed by atoms with Crippen molar-refractivity contribution in [2.45, 2.75) is 44.4 Å². The summed E-state index contributed by atoms with van der Waals surface area (Å²) in [4.78, 5) is 12.8. The van der Waals surface area contributed by atoms with Gasteiger partial charge >= 0.3 is 5.97 Å². The van der Waals surface area contributed by atoms with Crippen molar-refractivity contribution < 1.29 is 23.1 Å². The molecule has 2 aliphatic heterocycles. The zero-order valence-electron chi connectivity index (χ0n) is 11.1. The third kappa shape index (κ3) is 4.15. The van der Waals surface area contributed by atoms with E-state index in [1.807, 2.05) is 11.8 Å². The molecule has 3 atom stereocenters. The van der Waals surface area contributed by atoms with Crippen LogP contribution in [0.3, 0.4) is 0 Å². The molecule has 0 aromatic heterocycles. The molecule has 2 heterocycles. The summed E-state index contributed by atoms with van der Waals surface area (Å²) in [5.41, 5.74) is 0. The standard InChI is InChI=1S/C12H21NO5S/c1-9-2-3-11(18-9)7-13-4-5-19(16,17)8-10(13)6-12(14)15/h9-11H,2-8H2,1H3,(H,14,15). The van der Waals surface area contributed by atoms with Gasteiger partial charge in [-0.15, -0.1) is 0 Å². The highest BCUT2D eigenvalue weighted by Gasteiger charge is 2.35. The molecule has 0 radical (unpaired) electrons. The minimum Gasteiger partial charge on any atom is -0.481 e. The molecule has 110 valence electrons. The molecule has 0 saturated carbocycles. The lowest BCUT2D eigenvalue weighted by Crippen LogP contribution is -2.51. The quantitative estimate of drug-likeness (QED) is 0.792. The minimum atomic E-state index is -3.10. The van der Waals surface area contributed by atoms with Crippen molar-refractivity contribution in [3.8, 4) is 0 Å². The van der Waals surface area contributed by atoms with Gasteiger partial charge in [-0.05, 0) is 19.8 Å². The molecule has 19 heavy (non-hydrogen) atoms. The van der Waals surface area contributed by atoms with Crippen LogP contribution in [0.5, 0.6) is 0 Å². The molecule has 0 aromatic rings. The average molecular weight is 291 g/mol. The van der Waals surface area contributed by atoms with Crippen LogP contribution < -0.4 is 0 Å². The van der Waals surface area contributed by atoms with E-state index in [2.05, 4.69) is 0 Å². The van der Waals surface area contributed by atoms with E-state index in [0.29, 0.717) is 13.1 Å². The molecule has 1 N–H and O–H groups in total. The first-order valence-electron chi connectivity index (χ1n) is 6.67. The molecule has 2 fully saturated rings. The molecular formula is C12H21NO5S. The molecule has 0 aliphatic carbocycles. The van der Waals surface area contributed by atoms with Crippen molar-refractivity contribution in [3.63, 3.8) is 0 Å². The predicted molar refractivity (Wildman–Crippen MR) is 69.8 cm³/mol. The molecule has 0 amide bonds. The maximum atomic E-state index is 11.6. The van der Waals surface area contributed by atoms with Gasteiger partial charge in [-0.2, -0.15) is 0 Å². The summed E-state index contributed by atoms with van der Waals surface area (Å²) >= 11 is 0. The van der Waals surface area contributed by atoms with Gasteiger partial charge < -0.3 is 9.84 Å². The molecule has 3 unspecified atom stereocenters. The molecule has 7 heteroatoms. The first-order chi connectivity index (χ1) is 8.85. The van der Waals surface area contributed by atoms with Gasteiger partial charge in [-0.3, -0.25) is 9.69 Å². The Bertz CT molecular complexity index is 435. The highest BCUT2D eigenvalue weighted by Crippen LogP contribution is 2.23. The second-order valence-corrected chi connectivity index (χ2v) is 7.74. The van der Waals surface area contributed by atoms with Gasteiger partial charge in [0.2, 0.25) is 0 Å². The fraction of sp³-hybridized carbons (Fsp3) is 0.917. The summed E-state index contributed by atoms with van der Waals surface area (Å²) < 4.78 is 29.0. The van der Waals surface area contributed by atoms with Gasteiger partial charge in [0.15, 0.2) is 9.84 Å². The number of carboxylic acids is 1. The van der Waals surface area contributed by atoms with Crippen LogP contribution in [-0.4, -0.2) is 67.2 Å². The van der Waals surface area contributed by atoms with Crippen molar-refractivity contribution in [1.82, 2.24) is 4.90 Å². The van der Waals surface area contributed by atoms with E-state index >= 15 is 0 Å². The first-order valence-corrected chi connectivity index (χ1v) is 8.49. The normalized spacial score (nSPS) is 35.3. The maximum Gasteiger partial charge on any atom is 0.304 e. The Balaban J connectivity index is 1.98. The summed E-state index contributed by atoms with van der Waals surface area (Å²) in [5.74, 6) is -0.889. The lowest BCUT2D eigenvalue weighted by Gasteiger charge is -2.36. The van der Waals surface area contributed by atoms with Gasteiger partial charge in [0.25, 0.3) is 0 Å². The third-order valence-corrected chi connectivity index (χ3v) is 5.52. The number of aliphatic carboxylic acids is 1. The molecule has 0 bridgehead atoms. The SMILES string of the molecule is CC1CCC(CN2CCS(=O)(=O)CC2CC(=O)O)O1. The average Bonchev–Trinajstić information content (AvgIpc) is 2.67. The number of carbonyl (C=O) groups is 1. The Labute approximate surface area is 113 Å². The Morgan fingerprint density at radius 3 is 2.74 bits per heavy atom. The summed E-state index contributed by atoms with van der Waals surface area (Å²) in [6, 6.07) is -0.421. The van der Waals surface area contributed by atoms with Crippen molar-refractivity contribution >= 4 is 15.8 Å². The number of rotatable bonds is 4. The fourth-order valence-electron chi connectivity index (χ4n) is 2.83. The van der Waals surface area contributed by atoms with Gasteiger partial charge in [-0.25, -0.2) is 8.42 Å². The van der Waals surface area contributed by atoms with Crippen LogP contribution in [0.25, 0.3) is 0 Å². The molecule has 6 nitrogen and oxygen atoms in total. The number of hydrogen-bond acceptors (Lipinski definition) is 5. The summed E-state index contributed by atoms with van der Waals surface area (Å²) in [6.45, 7) is 3.07. The lowest BCUT2D eigenvalue weighted by atomic mass is 10.1. The van der Waals surface area contributed by atoms with Crippen molar-refractivity contribution in [3.05, 3.63) is 0 Å². The van der Waals surface area contributed by atoms with Gasteiger partial charge in [-0.1, -0.05) is 0 Å². The van der Waals surface area contributed by atoms with Crippen LogP contribution in [0.1, 0.15) is 26.2 Å². The Kier molecular flexibility index (Phi) is 4.47. The van der Waals surface area contributed by atoms with Crippen LogP contribution in [0.4, 0.5) is 0 Å². The van der Waals surface area contributed by atoms with E-state index in [4.69, 9.17) is 9.84 Å². The van der Waals surface area contributed by atoms with Crippen LogP contribution in [0.15, 0.2) is 0 Å². The van der Waals surface area contributed by atoms with E-state index in [-0.39, 0.29) is 30.1 Å². The van der Waals surface area contributed by atoms with Crippen molar-refractivity contribution in [1.29, 1.82) is 0 Å². The van der Waals surface area contributed by atoms with Gasteiger partial charge in [0.05, 0.1) is 30.1 Å². The predicted octanol–water partition coefficient (Wildman–Crippen LogP) is 0.128. The Morgan fingerprint density at radius 2 is 2.16 bits per heavy atom. The third-order valence-electron chi connectivity index (χ3n) is 3.82. The van der Waals surface area contributed by atoms with Crippen LogP contribution in [0, 0.1) is 0 Å². The second kappa shape index (κ2) is 5.76. The molecule has 0 spiro atoms.